The number of ether oxygens (including phenoxy) is 1. The van der Waals surface area contributed by atoms with E-state index >= 15 is 0 Å². The zero-order valence-electron chi connectivity index (χ0n) is 13.9. The molecule has 6 heteroatoms. The van der Waals surface area contributed by atoms with Crippen molar-refractivity contribution in [3.05, 3.63) is 65.5 Å². The van der Waals surface area contributed by atoms with Gasteiger partial charge in [0.05, 0.1) is 18.9 Å². The summed E-state index contributed by atoms with van der Waals surface area (Å²) in [6.07, 6.45) is 0.141. The van der Waals surface area contributed by atoms with Crippen LogP contribution in [-0.4, -0.2) is 30.1 Å². The molecule has 25 heavy (non-hydrogen) atoms. The Kier molecular flexibility index (Phi) is 6.51. The SMILES string of the molecule is CCOc1ccc(CC(=O)NCC(C(=O)O)c2ccc(F)cc2)cc1. The van der Waals surface area contributed by atoms with E-state index in [2.05, 4.69) is 5.32 Å². The Bertz CT molecular complexity index is 713. The van der Waals surface area contributed by atoms with Crippen LogP contribution < -0.4 is 10.1 Å². The summed E-state index contributed by atoms with van der Waals surface area (Å²) in [5.74, 6) is -1.99. The molecule has 0 aliphatic heterocycles. The highest BCUT2D eigenvalue weighted by atomic mass is 19.1. The van der Waals surface area contributed by atoms with Gasteiger partial charge in [0, 0.05) is 6.54 Å². The van der Waals surface area contributed by atoms with Crippen molar-refractivity contribution < 1.29 is 23.8 Å². The summed E-state index contributed by atoms with van der Waals surface area (Å²) < 4.78 is 18.3. The maximum absolute atomic E-state index is 13.0. The maximum Gasteiger partial charge on any atom is 0.312 e. The molecule has 0 fully saturated rings. The Morgan fingerprint density at radius 3 is 2.32 bits per heavy atom. The molecule has 0 aliphatic carbocycles. The van der Waals surface area contributed by atoms with Crippen molar-refractivity contribution in [3.8, 4) is 5.75 Å². The van der Waals surface area contributed by atoms with E-state index in [-0.39, 0.29) is 18.9 Å². The second-order valence-corrected chi connectivity index (χ2v) is 5.50. The zero-order chi connectivity index (χ0) is 18.2. The Balaban J connectivity index is 1.92. The van der Waals surface area contributed by atoms with E-state index in [9.17, 15) is 19.1 Å². The van der Waals surface area contributed by atoms with Gasteiger partial charge in [0.15, 0.2) is 0 Å². The average molecular weight is 345 g/mol. The van der Waals surface area contributed by atoms with Crippen LogP contribution in [0.1, 0.15) is 24.0 Å². The van der Waals surface area contributed by atoms with Crippen molar-refractivity contribution in [1.29, 1.82) is 0 Å². The summed E-state index contributed by atoms with van der Waals surface area (Å²) in [4.78, 5) is 23.4. The van der Waals surface area contributed by atoms with Crippen molar-refractivity contribution in [2.75, 3.05) is 13.2 Å². The predicted molar refractivity (Wildman–Crippen MR) is 91.1 cm³/mol. The molecule has 1 amide bonds. The first-order valence-corrected chi connectivity index (χ1v) is 7.96. The van der Waals surface area contributed by atoms with Gasteiger partial charge in [-0.05, 0) is 42.3 Å². The fourth-order valence-corrected chi connectivity index (χ4v) is 2.38. The average Bonchev–Trinajstić information content (AvgIpc) is 2.58. The topological polar surface area (TPSA) is 75.6 Å². The molecule has 1 atom stereocenters. The van der Waals surface area contributed by atoms with Crippen molar-refractivity contribution in [2.45, 2.75) is 19.3 Å². The van der Waals surface area contributed by atoms with Crippen LogP contribution in [0.2, 0.25) is 0 Å². The molecule has 2 aromatic rings. The van der Waals surface area contributed by atoms with Crippen LogP contribution in [0.5, 0.6) is 5.75 Å². The third kappa shape index (κ3) is 5.60. The van der Waals surface area contributed by atoms with Gasteiger partial charge in [0.25, 0.3) is 0 Å². The van der Waals surface area contributed by atoms with Gasteiger partial charge >= 0.3 is 5.97 Å². The van der Waals surface area contributed by atoms with Gasteiger partial charge in [-0.25, -0.2) is 4.39 Å². The van der Waals surface area contributed by atoms with Gasteiger partial charge in [-0.3, -0.25) is 9.59 Å². The predicted octanol–water partition coefficient (Wildman–Crippen LogP) is 2.75. The van der Waals surface area contributed by atoms with Crippen molar-refractivity contribution >= 4 is 11.9 Å². The number of halogens is 1. The van der Waals surface area contributed by atoms with Gasteiger partial charge in [-0.2, -0.15) is 0 Å². The summed E-state index contributed by atoms with van der Waals surface area (Å²) in [6.45, 7) is 2.40. The van der Waals surface area contributed by atoms with E-state index in [0.717, 1.165) is 11.3 Å². The van der Waals surface area contributed by atoms with Gasteiger partial charge in [-0.1, -0.05) is 24.3 Å². The number of carbonyl (C=O) groups excluding carboxylic acids is 1. The Morgan fingerprint density at radius 1 is 1.12 bits per heavy atom. The van der Waals surface area contributed by atoms with Gasteiger partial charge < -0.3 is 15.2 Å². The molecule has 1 unspecified atom stereocenters. The fourth-order valence-electron chi connectivity index (χ4n) is 2.38. The van der Waals surface area contributed by atoms with Gasteiger partial charge in [0.1, 0.15) is 11.6 Å². The largest absolute Gasteiger partial charge is 0.494 e. The second kappa shape index (κ2) is 8.82. The number of benzene rings is 2. The van der Waals surface area contributed by atoms with E-state index in [1.165, 1.54) is 24.3 Å². The highest BCUT2D eigenvalue weighted by molar-refractivity contribution is 5.81. The number of carbonyl (C=O) groups is 2. The van der Waals surface area contributed by atoms with Crippen molar-refractivity contribution in [1.82, 2.24) is 5.32 Å². The molecular weight excluding hydrogens is 325 g/mol. The summed E-state index contributed by atoms with van der Waals surface area (Å²) >= 11 is 0. The number of hydrogen-bond donors (Lipinski definition) is 2. The van der Waals surface area contributed by atoms with Crippen molar-refractivity contribution in [3.63, 3.8) is 0 Å². The zero-order valence-corrected chi connectivity index (χ0v) is 13.9. The molecule has 0 heterocycles. The summed E-state index contributed by atoms with van der Waals surface area (Å²) in [5, 5.41) is 11.9. The van der Waals surface area contributed by atoms with Crippen LogP contribution >= 0.6 is 0 Å². The summed E-state index contributed by atoms with van der Waals surface area (Å²) in [5.41, 5.74) is 1.24. The van der Waals surface area contributed by atoms with Crippen LogP contribution in [0.15, 0.2) is 48.5 Å². The smallest absolute Gasteiger partial charge is 0.312 e. The van der Waals surface area contributed by atoms with E-state index in [4.69, 9.17) is 4.74 Å². The van der Waals surface area contributed by atoms with Crippen LogP contribution in [-0.2, 0) is 16.0 Å². The maximum atomic E-state index is 13.0. The number of amides is 1. The van der Waals surface area contributed by atoms with Crippen LogP contribution in [0.3, 0.4) is 0 Å². The minimum absolute atomic E-state index is 0.0587. The lowest BCUT2D eigenvalue weighted by atomic mass is 9.99. The van der Waals surface area contributed by atoms with Crippen molar-refractivity contribution in [2.24, 2.45) is 0 Å². The van der Waals surface area contributed by atoms with Crippen LogP contribution in [0, 0.1) is 5.82 Å². The molecule has 2 aromatic carbocycles. The number of carboxylic acids is 1. The second-order valence-electron chi connectivity index (χ2n) is 5.50. The molecule has 0 saturated heterocycles. The van der Waals surface area contributed by atoms with Gasteiger partial charge in [-0.15, -0.1) is 0 Å². The normalized spacial score (nSPS) is 11.6. The Morgan fingerprint density at radius 2 is 1.76 bits per heavy atom. The summed E-state index contributed by atoms with van der Waals surface area (Å²) in [7, 11) is 0. The third-order valence-electron chi connectivity index (χ3n) is 3.67. The number of hydrogen-bond acceptors (Lipinski definition) is 3. The first kappa shape index (κ1) is 18.4. The molecular formula is C19H20FNO4. The Labute approximate surface area is 145 Å². The number of rotatable bonds is 8. The lowest BCUT2D eigenvalue weighted by Gasteiger charge is -2.14. The highest BCUT2D eigenvalue weighted by Gasteiger charge is 2.20. The molecule has 2 rings (SSSR count). The molecule has 0 aromatic heterocycles. The quantitative estimate of drug-likeness (QED) is 0.771. The van der Waals surface area contributed by atoms with E-state index in [1.807, 2.05) is 6.92 Å². The molecule has 0 bridgehead atoms. The van der Waals surface area contributed by atoms with Crippen LogP contribution in [0.4, 0.5) is 4.39 Å². The molecule has 2 N–H and O–H groups in total. The molecule has 0 radical (unpaired) electrons. The number of aliphatic carboxylic acids is 1. The monoisotopic (exact) mass is 345 g/mol. The molecule has 0 spiro atoms. The van der Waals surface area contributed by atoms with Gasteiger partial charge in [0.2, 0.25) is 5.91 Å². The Hall–Kier alpha value is -2.89. The number of nitrogens with one attached hydrogen (secondary N) is 1. The lowest BCUT2D eigenvalue weighted by Crippen LogP contribution is -2.32. The standard InChI is InChI=1S/C19H20FNO4/c1-2-25-16-9-3-13(4-10-16)11-18(22)21-12-17(19(23)24)14-5-7-15(20)8-6-14/h3-10,17H,2,11-12H2,1H3,(H,21,22)(H,23,24). The first-order chi connectivity index (χ1) is 12.0. The minimum atomic E-state index is -1.08. The number of carboxylic acid groups (broad SMARTS) is 1. The summed E-state index contributed by atoms with van der Waals surface area (Å²) in [6, 6.07) is 12.4. The van der Waals surface area contributed by atoms with E-state index < -0.39 is 17.7 Å². The fraction of sp³-hybridized carbons (Fsp3) is 0.263. The molecule has 0 aliphatic rings. The molecule has 5 nitrogen and oxygen atoms in total. The lowest BCUT2D eigenvalue weighted by molar-refractivity contribution is -0.138. The molecule has 132 valence electrons. The first-order valence-electron chi connectivity index (χ1n) is 7.96. The van der Waals surface area contributed by atoms with Crippen LogP contribution in [0.25, 0.3) is 0 Å². The third-order valence-corrected chi connectivity index (χ3v) is 3.67. The van der Waals surface area contributed by atoms with E-state index in [1.54, 1.807) is 24.3 Å². The highest BCUT2D eigenvalue weighted by Crippen LogP contribution is 2.16. The minimum Gasteiger partial charge on any atom is -0.494 e. The molecule has 0 saturated carbocycles. The van der Waals surface area contributed by atoms with E-state index in [0.29, 0.717) is 12.2 Å².